The first-order chi connectivity index (χ1) is 10.1. The Morgan fingerprint density at radius 1 is 1.14 bits per heavy atom. The molecule has 5 nitrogen and oxygen atoms in total. The van der Waals surface area contributed by atoms with Crippen LogP contribution in [0.15, 0.2) is 58.2 Å². The molecule has 0 bridgehead atoms. The summed E-state index contributed by atoms with van der Waals surface area (Å²) in [6.45, 7) is 0.183. The van der Waals surface area contributed by atoms with Gasteiger partial charge in [-0.25, -0.2) is 13.1 Å². The lowest BCUT2D eigenvalue weighted by Gasteiger charge is -2.07. The van der Waals surface area contributed by atoms with Gasteiger partial charge in [0.1, 0.15) is 0 Å². The van der Waals surface area contributed by atoms with Gasteiger partial charge in [-0.3, -0.25) is 4.98 Å². The summed E-state index contributed by atoms with van der Waals surface area (Å²) in [5, 5.41) is 0.849. The average molecular weight is 414 g/mol. The highest BCUT2D eigenvalue weighted by atomic mass is 127. The van der Waals surface area contributed by atoms with Crippen LogP contribution in [0.4, 0.5) is 0 Å². The minimum absolute atomic E-state index is 0.0785. The lowest BCUT2D eigenvalue weighted by atomic mass is 10.1. The van der Waals surface area contributed by atoms with E-state index in [0.717, 1.165) is 16.5 Å². The van der Waals surface area contributed by atoms with E-state index in [-0.39, 0.29) is 11.6 Å². The van der Waals surface area contributed by atoms with Gasteiger partial charge in [0.25, 0.3) is 10.0 Å². The van der Waals surface area contributed by atoms with Crippen LogP contribution in [0.3, 0.4) is 0 Å². The summed E-state index contributed by atoms with van der Waals surface area (Å²) in [7, 11) is -3.65. The van der Waals surface area contributed by atoms with Crippen molar-refractivity contribution in [2.45, 2.75) is 11.6 Å². The van der Waals surface area contributed by atoms with Gasteiger partial charge in [0.05, 0.1) is 5.52 Å². The molecule has 0 spiro atoms. The number of para-hydroxylation sites is 1. The monoisotopic (exact) mass is 414 g/mol. The van der Waals surface area contributed by atoms with Crippen LogP contribution in [0.1, 0.15) is 5.56 Å². The predicted molar refractivity (Wildman–Crippen MR) is 87.2 cm³/mol. The number of sulfonamides is 1. The summed E-state index contributed by atoms with van der Waals surface area (Å²) in [6, 6.07) is 12.5. The molecule has 3 aromatic rings. The Labute approximate surface area is 135 Å². The van der Waals surface area contributed by atoms with E-state index in [1.165, 1.54) is 6.07 Å². The van der Waals surface area contributed by atoms with Crippen molar-refractivity contribution in [3.05, 3.63) is 58.0 Å². The first-order valence-corrected chi connectivity index (χ1v) is 8.70. The van der Waals surface area contributed by atoms with E-state index in [2.05, 4.69) is 9.71 Å². The molecule has 0 saturated heterocycles. The zero-order valence-electron chi connectivity index (χ0n) is 10.8. The van der Waals surface area contributed by atoms with Crippen LogP contribution in [0.25, 0.3) is 10.9 Å². The van der Waals surface area contributed by atoms with Crippen molar-refractivity contribution in [2.75, 3.05) is 0 Å². The minimum Gasteiger partial charge on any atom is -0.438 e. The van der Waals surface area contributed by atoms with Crippen LogP contribution < -0.4 is 4.72 Å². The zero-order valence-corrected chi connectivity index (χ0v) is 13.8. The van der Waals surface area contributed by atoms with Crippen molar-refractivity contribution >= 4 is 43.5 Å². The molecular formula is C14H11IN2O3S. The number of aromatic nitrogens is 1. The molecule has 0 radical (unpaired) electrons. The standard InChI is InChI=1S/C14H11IN2O3S/c15-13-5-6-14(20-13)21(18,19)17-9-10-7-8-16-12-4-2-1-3-11(10)12/h1-8,17H,9H2. The van der Waals surface area contributed by atoms with Gasteiger partial charge in [-0.1, -0.05) is 18.2 Å². The second-order valence-corrected chi connectivity index (χ2v) is 7.13. The zero-order chi connectivity index (χ0) is 14.9. The molecule has 3 rings (SSSR count). The summed E-state index contributed by atoms with van der Waals surface area (Å²) in [5.41, 5.74) is 1.70. The predicted octanol–water partition coefficient (Wildman–Crippen LogP) is 2.91. The SMILES string of the molecule is O=S(=O)(NCc1ccnc2ccccc12)c1ccc(I)o1. The maximum Gasteiger partial charge on any atom is 0.274 e. The topological polar surface area (TPSA) is 72.2 Å². The third-order valence-corrected chi connectivity index (χ3v) is 4.86. The molecular weight excluding hydrogens is 403 g/mol. The fourth-order valence-electron chi connectivity index (χ4n) is 2.00. The number of benzene rings is 1. The Hall–Kier alpha value is -1.45. The van der Waals surface area contributed by atoms with Crippen molar-refractivity contribution in [3.63, 3.8) is 0 Å². The molecule has 2 aromatic heterocycles. The van der Waals surface area contributed by atoms with Crippen LogP contribution >= 0.6 is 22.6 Å². The van der Waals surface area contributed by atoms with E-state index in [4.69, 9.17) is 4.42 Å². The van der Waals surface area contributed by atoms with Gasteiger partial charge in [0.2, 0.25) is 5.09 Å². The third kappa shape index (κ3) is 3.09. The lowest BCUT2D eigenvalue weighted by Crippen LogP contribution is -2.23. The average Bonchev–Trinajstić information content (AvgIpc) is 2.93. The fourth-order valence-corrected chi connectivity index (χ4v) is 3.50. The molecule has 1 aromatic carbocycles. The maximum absolute atomic E-state index is 12.1. The molecule has 108 valence electrons. The number of hydrogen-bond donors (Lipinski definition) is 1. The summed E-state index contributed by atoms with van der Waals surface area (Å²) in [4.78, 5) is 4.25. The number of nitrogens with one attached hydrogen (secondary N) is 1. The Morgan fingerprint density at radius 2 is 1.95 bits per heavy atom. The molecule has 0 aliphatic rings. The van der Waals surface area contributed by atoms with Gasteiger partial charge < -0.3 is 4.42 Å². The van der Waals surface area contributed by atoms with Gasteiger partial charge in [-0.05, 0) is 52.4 Å². The van der Waals surface area contributed by atoms with E-state index in [1.807, 2.05) is 46.9 Å². The summed E-state index contributed by atoms with van der Waals surface area (Å²) in [5.74, 6) is 0. The number of fused-ring (bicyclic) bond motifs is 1. The van der Waals surface area contributed by atoms with Gasteiger partial charge >= 0.3 is 0 Å². The van der Waals surface area contributed by atoms with Crippen molar-refractivity contribution in [3.8, 4) is 0 Å². The summed E-state index contributed by atoms with van der Waals surface area (Å²) >= 11 is 1.92. The number of hydrogen-bond acceptors (Lipinski definition) is 4. The first kappa shape index (κ1) is 14.5. The molecule has 0 unspecified atom stereocenters. The Morgan fingerprint density at radius 3 is 2.71 bits per heavy atom. The first-order valence-electron chi connectivity index (χ1n) is 6.14. The van der Waals surface area contributed by atoms with Gasteiger partial charge in [-0.15, -0.1) is 0 Å². The Bertz CT molecular complexity index is 885. The van der Waals surface area contributed by atoms with Gasteiger partial charge in [0, 0.05) is 18.1 Å². The lowest BCUT2D eigenvalue weighted by molar-refractivity contribution is 0.426. The number of halogens is 1. The summed E-state index contributed by atoms with van der Waals surface area (Å²) in [6.07, 6.45) is 1.67. The van der Waals surface area contributed by atoms with E-state index >= 15 is 0 Å². The normalized spacial score (nSPS) is 11.9. The highest BCUT2D eigenvalue weighted by Crippen LogP contribution is 2.18. The quantitative estimate of drug-likeness (QED) is 0.667. The van der Waals surface area contributed by atoms with E-state index < -0.39 is 10.0 Å². The Kier molecular flexibility index (Phi) is 3.96. The van der Waals surface area contributed by atoms with E-state index in [1.54, 1.807) is 18.3 Å². The molecule has 7 heteroatoms. The van der Waals surface area contributed by atoms with Crippen LogP contribution in [0, 0.1) is 3.77 Å². The molecule has 0 aliphatic carbocycles. The third-order valence-electron chi connectivity index (χ3n) is 3.01. The Balaban J connectivity index is 1.87. The number of furan rings is 1. The van der Waals surface area contributed by atoms with Crippen LogP contribution in [-0.4, -0.2) is 13.4 Å². The van der Waals surface area contributed by atoms with Gasteiger partial charge in [-0.2, -0.15) is 0 Å². The van der Waals surface area contributed by atoms with Crippen LogP contribution in [0.5, 0.6) is 0 Å². The van der Waals surface area contributed by atoms with Crippen molar-refractivity contribution in [1.29, 1.82) is 0 Å². The second-order valence-electron chi connectivity index (χ2n) is 4.37. The molecule has 0 aliphatic heterocycles. The number of rotatable bonds is 4. The smallest absolute Gasteiger partial charge is 0.274 e. The van der Waals surface area contributed by atoms with Crippen molar-refractivity contribution < 1.29 is 12.8 Å². The van der Waals surface area contributed by atoms with E-state index in [0.29, 0.717) is 3.77 Å². The fraction of sp³-hybridized carbons (Fsp3) is 0.0714. The number of nitrogens with zero attached hydrogens (tertiary/aromatic N) is 1. The highest BCUT2D eigenvalue weighted by molar-refractivity contribution is 14.1. The molecule has 0 saturated carbocycles. The molecule has 2 heterocycles. The van der Waals surface area contributed by atoms with Crippen LogP contribution in [-0.2, 0) is 16.6 Å². The van der Waals surface area contributed by atoms with E-state index in [9.17, 15) is 8.42 Å². The minimum atomic E-state index is -3.65. The molecule has 0 amide bonds. The molecule has 0 atom stereocenters. The maximum atomic E-state index is 12.1. The second kappa shape index (κ2) is 5.74. The highest BCUT2D eigenvalue weighted by Gasteiger charge is 2.18. The van der Waals surface area contributed by atoms with Crippen LogP contribution in [0.2, 0.25) is 0 Å². The summed E-state index contributed by atoms with van der Waals surface area (Å²) < 4.78 is 32.5. The molecule has 1 N–H and O–H groups in total. The van der Waals surface area contributed by atoms with Crippen molar-refractivity contribution in [2.24, 2.45) is 0 Å². The van der Waals surface area contributed by atoms with Gasteiger partial charge in [0.15, 0.2) is 3.77 Å². The largest absolute Gasteiger partial charge is 0.438 e. The molecule has 0 fully saturated rings. The number of pyridine rings is 1. The molecule has 21 heavy (non-hydrogen) atoms. The van der Waals surface area contributed by atoms with Crippen molar-refractivity contribution in [1.82, 2.24) is 9.71 Å².